The highest BCUT2D eigenvalue weighted by Gasteiger charge is 2.11. The maximum absolute atomic E-state index is 13.4. The van der Waals surface area contributed by atoms with Gasteiger partial charge in [-0.15, -0.1) is 0 Å². The van der Waals surface area contributed by atoms with Gasteiger partial charge in [-0.3, -0.25) is 9.59 Å². The van der Waals surface area contributed by atoms with Crippen LogP contribution in [0.5, 0.6) is 5.75 Å². The summed E-state index contributed by atoms with van der Waals surface area (Å²) in [4.78, 5) is 22.3. The first-order chi connectivity index (χ1) is 9.42. The number of anilines is 1. The zero-order valence-corrected chi connectivity index (χ0v) is 10.6. The van der Waals surface area contributed by atoms with Crippen molar-refractivity contribution in [3.63, 3.8) is 0 Å². The monoisotopic (exact) mass is 290 g/mol. The second kappa shape index (κ2) is 7.37. The molecule has 0 fully saturated rings. The molecule has 0 aromatic heterocycles. The van der Waals surface area contributed by atoms with Gasteiger partial charge in [0.05, 0.1) is 6.54 Å². The molecule has 1 rings (SSSR count). The van der Waals surface area contributed by atoms with E-state index in [1.807, 2.05) is 0 Å². The number of alkyl halides is 2. The lowest BCUT2D eigenvalue weighted by Gasteiger charge is -2.09. The molecule has 0 saturated heterocycles. The number of carbonyl (C=O) groups is 2. The Morgan fingerprint density at radius 1 is 1.30 bits per heavy atom. The van der Waals surface area contributed by atoms with E-state index < -0.39 is 24.1 Å². The van der Waals surface area contributed by atoms with E-state index in [2.05, 4.69) is 15.4 Å². The summed E-state index contributed by atoms with van der Waals surface area (Å²) in [5.41, 5.74) is 0.0693. The van der Waals surface area contributed by atoms with E-state index in [-0.39, 0.29) is 24.6 Å². The summed E-state index contributed by atoms with van der Waals surface area (Å²) in [6, 6.07) is 3.03. The molecule has 0 heterocycles. The molecule has 1 aromatic rings. The van der Waals surface area contributed by atoms with Crippen molar-refractivity contribution in [1.29, 1.82) is 0 Å². The van der Waals surface area contributed by atoms with Crippen LogP contribution in [-0.4, -0.2) is 25.0 Å². The molecule has 0 saturated carbocycles. The van der Waals surface area contributed by atoms with Crippen LogP contribution in [0.4, 0.5) is 18.9 Å². The van der Waals surface area contributed by atoms with Crippen molar-refractivity contribution >= 4 is 17.5 Å². The van der Waals surface area contributed by atoms with E-state index in [1.54, 1.807) is 6.92 Å². The van der Waals surface area contributed by atoms with Crippen LogP contribution < -0.4 is 15.4 Å². The van der Waals surface area contributed by atoms with Crippen LogP contribution in [0, 0.1) is 5.82 Å². The fourth-order valence-corrected chi connectivity index (χ4v) is 1.28. The average Bonchev–Trinajstić information content (AvgIpc) is 2.38. The summed E-state index contributed by atoms with van der Waals surface area (Å²) >= 11 is 0. The fourth-order valence-electron chi connectivity index (χ4n) is 1.28. The van der Waals surface area contributed by atoms with Gasteiger partial charge in [0.25, 0.3) is 0 Å². The maximum Gasteiger partial charge on any atom is 0.387 e. The summed E-state index contributed by atoms with van der Waals surface area (Å²) in [7, 11) is 0. The molecule has 0 aliphatic heterocycles. The molecule has 110 valence electrons. The molecule has 20 heavy (non-hydrogen) atoms. The van der Waals surface area contributed by atoms with E-state index in [9.17, 15) is 22.8 Å². The average molecular weight is 290 g/mol. The van der Waals surface area contributed by atoms with Gasteiger partial charge in [0.1, 0.15) is 0 Å². The van der Waals surface area contributed by atoms with E-state index >= 15 is 0 Å². The molecule has 0 aliphatic rings. The minimum Gasteiger partial charge on any atom is -0.432 e. The highest BCUT2D eigenvalue weighted by molar-refractivity contribution is 5.94. The highest BCUT2D eigenvalue weighted by atomic mass is 19.3. The Balaban J connectivity index is 2.58. The minimum absolute atomic E-state index is 0.0693. The van der Waals surface area contributed by atoms with Crippen LogP contribution in [0.2, 0.25) is 0 Å². The molecule has 2 N–H and O–H groups in total. The Morgan fingerprint density at radius 3 is 2.55 bits per heavy atom. The molecular weight excluding hydrogens is 277 g/mol. The third kappa shape index (κ3) is 5.17. The summed E-state index contributed by atoms with van der Waals surface area (Å²) < 4.78 is 41.1. The van der Waals surface area contributed by atoms with Gasteiger partial charge in [-0.25, -0.2) is 4.39 Å². The number of amides is 2. The van der Waals surface area contributed by atoms with Crippen molar-refractivity contribution < 1.29 is 27.5 Å². The standard InChI is InChI=1S/C12H13F3N2O3/c1-2-10(18)16-6-11(19)17-7-3-4-9(8(13)5-7)20-12(14)15/h3-5,12H,2,6H2,1H3,(H,16,18)(H,17,19). The van der Waals surface area contributed by atoms with Gasteiger partial charge in [0, 0.05) is 18.2 Å². The molecule has 0 unspecified atom stereocenters. The van der Waals surface area contributed by atoms with E-state index in [1.165, 1.54) is 6.07 Å². The predicted octanol–water partition coefficient (Wildman–Crippen LogP) is 1.89. The van der Waals surface area contributed by atoms with Gasteiger partial charge in [-0.05, 0) is 12.1 Å². The lowest BCUT2D eigenvalue weighted by atomic mass is 10.3. The van der Waals surface area contributed by atoms with Gasteiger partial charge in [-0.1, -0.05) is 6.92 Å². The summed E-state index contributed by atoms with van der Waals surface area (Å²) in [5, 5.41) is 4.64. The van der Waals surface area contributed by atoms with Crippen molar-refractivity contribution in [3.05, 3.63) is 24.0 Å². The number of halogens is 3. The number of nitrogens with one attached hydrogen (secondary N) is 2. The molecule has 1 aromatic carbocycles. The number of carbonyl (C=O) groups excluding carboxylic acids is 2. The Hall–Kier alpha value is -2.25. The van der Waals surface area contributed by atoms with Gasteiger partial charge in [-0.2, -0.15) is 8.78 Å². The SMILES string of the molecule is CCC(=O)NCC(=O)Nc1ccc(OC(F)F)c(F)c1. The van der Waals surface area contributed by atoms with Gasteiger partial charge >= 0.3 is 6.61 Å². The maximum atomic E-state index is 13.4. The van der Waals surface area contributed by atoms with Gasteiger partial charge in [0.2, 0.25) is 11.8 Å². The molecule has 8 heteroatoms. The van der Waals surface area contributed by atoms with Gasteiger partial charge < -0.3 is 15.4 Å². The van der Waals surface area contributed by atoms with Crippen LogP contribution in [0.15, 0.2) is 18.2 Å². The second-order valence-electron chi connectivity index (χ2n) is 3.70. The van der Waals surface area contributed by atoms with Gasteiger partial charge in [0.15, 0.2) is 11.6 Å². The molecule has 0 atom stereocenters. The topological polar surface area (TPSA) is 67.4 Å². The lowest BCUT2D eigenvalue weighted by molar-refractivity contribution is -0.123. The second-order valence-corrected chi connectivity index (χ2v) is 3.70. The zero-order chi connectivity index (χ0) is 15.1. The van der Waals surface area contributed by atoms with E-state index in [4.69, 9.17) is 0 Å². The molecular formula is C12H13F3N2O3. The van der Waals surface area contributed by atoms with Crippen LogP contribution in [0.25, 0.3) is 0 Å². The third-order valence-corrected chi connectivity index (χ3v) is 2.20. The summed E-state index contributed by atoms with van der Waals surface area (Å²) in [6.07, 6.45) is 0.238. The lowest BCUT2D eigenvalue weighted by Crippen LogP contribution is -2.32. The Labute approximate surface area is 113 Å². The van der Waals surface area contributed by atoms with E-state index in [0.29, 0.717) is 0 Å². The molecule has 5 nitrogen and oxygen atoms in total. The van der Waals surface area contributed by atoms with E-state index in [0.717, 1.165) is 12.1 Å². The first-order valence-corrected chi connectivity index (χ1v) is 5.73. The smallest absolute Gasteiger partial charge is 0.387 e. The largest absolute Gasteiger partial charge is 0.432 e. The third-order valence-electron chi connectivity index (χ3n) is 2.20. The normalized spacial score (nSPS) is 10.2. The molecule has 0 bridgehead atoms. The first-order valence-electron chi connectivity index (χ1n) is 5.73. The molecule has 0 radical (unpaired) electrons. The van der Waals surface area contributed by atoms with Crippen molar-refractivity contribution in [3.8, 4) is 5.75 Å². The minimum atomic E-state index is -3.13. The van der Waals surface area contributed by atoms with Crippen molar-refractivity contribution in [1.82, 2.24) is 5.32 Å². The molecule has 0 spiro atoms. The van der Waals surface area contributed by atoms with Crippen LogP contribution >= 0.6 is 0 Å². The number of ether oxygens (including phenoxy) is 1. The zero-order valence-electron chi connectivity index (χ0n) is 10.6. The molecule has 2 amide bonds. The Morgan fingerprint density at radius 2 is 2.00 bits per heavy atom. The fraction of sp³-hybridized carbons (Fsp3) is 0.333. The summed E-state index contributed by atoms with van der Waals surface area (Å²) in [6.45, 7) is -1.76. The number of benzene rings is 1. The number of hydrogen-bond donors (Lipinski definition) is 2. The predicted molar refractivity (Wildman–Crippen MR) is 65.0 cm³/mol. The van der Waals surface area contributed by atoms with Crippen LogP contribution in [0.3, 0.4) is 0 Å². The first kappa shape index (κ1) is 15.8. The summed E-state index contributed by atoms with van der Waals surface area (Å²) in [5.74, 6) is -2.50. The van der Waals surface area contributed by atoms with Crippen LogP contribution in [0.1, 0.15) is 13.3 Å². The quantitative estimate of drug-likeness (QED) is 0.840. The number of rotatable bonds is 6. The van der Waals surface area contributed by atoms with Crippen molar-refractivity contribution in [2.75, 3.05) is 11.9 Å². The highest BCUT2D eigenvalue weighted by Crippen LogP contribution is 2.22. The van der Waals surface area contributed by atoms with Crippen LogP contribution in [-0.2, 0) is 9.59 Å². The Kier molecular flexibility index (Phi) is 5.82. The van der Waals surface area contributed by atoms with Crippen molar-refractivity contribution in [2.24, 2.45) is 0 Å². The number of hydrogen-bond acceptors (Lipinski definition) is 3. The van der Waals surface area contributed by atoms with Crippen molar-refractivity contribution in [2.45, 2.75) is 20.0 Å². The molecule has 0 aliphatic carbocycles. The Bertz CT molecular complexity index is 495.